The molecular formula is C13H17F3N2O2. The van der Waals surface area contributed by atoms with Gasteiger partial charge in [0.25, 0.3) is 0 Å². The number of hydrogen-bond acceptors (Lipinski definition) is 4. The molecule has 2 atom stereocenters. The Kier molecular flexibility index (Phi) is 4.82. The van der Waals surface area contributed by atoms with Gasteiger partial charge in [-0.3, -0.25) is 0 Å². The van der Waals surface area contributed by atoms with Crippen molar-refractivity contribution < 1.29 is 22.6 Å². The van der Waals surface area contributed by atoms with Gasteiger partial charge in [0.15, 0.2) is 0 Å². The van der Waals surface area contributed by atoms with Crippen molar-refractivity contribution in [2.45, 2.75) is 31.7 Å². The molecule has 0 aliphatic carbocycles. The van der Waals surface area contributed by atoms with Crippen molar-refractivity contribution in [1.29, 1.82) is 0 Å². The highest BCUT2D eigenvalue weighted by atomic mass is 19.4. The van der Waals surface area contributed by atoms with E-state index in [0.29, 0.717) is 19.2 Å². The summed E-state index contributed by atoms with van der Waals surface area (Å²) in [6.07, 6.45) is -2.46. The summed E-state index contributed by atoms with van der Waals surface area (Å²) in [6.45, 7) is 3.70. The van der Waals surface area contributed by atoms with E-state index in [0.717, 1.165) is 25.3 Å². The van der Waals surface area contributed by atoms with E-state index in [1.165, 1.54) is 6.07 Å². The molecule has 20 heavy (non-hydrogen) atoms. The van der Waals surface area contributed by atoms with Gasteiger partial charge >= 0.3 is 6.18 Å². The molecule has 0 bridgehead atoms. The van der Waals surface area contributed by atoms with Crippen molar-refractivity contribution in [3.05, 3.63) is 23.9 Å². The Hall–Kier alpha value is -1.34. The quantitative estimate of drug-likeness (QED) is 0.845. The third-order valence-electron chi connectivity index (χ3n) is 3.20. The van der Waals surface area contributed by atoms with Crippen molar-refractivity contribution in [2.24, 2.45) is 0 Å². The fourth-order valence-corrected chi connectivity index (χ4v) is 2.03. The molecule has 2 heterocycles. The number of alkyl halides is 3. The second-order valence-electron chi connectivity index (χ2n) is 4.66. The summed E-state index contributed by atoms with van der Waals surface area (Å²) in [6, 6.07) is 2.49. The lowest BCUT2D eigenvalue weighted by molar-refractivity contribution is -0.137. The first-order valence-electron chi connectivity index (χ1n) is 6.48. The van der Waals surface area contributed by atoms with Gasteiger partial charge in [-0.1, -0.05) is 0 Å². The summed E-state index contributed by atoms with van der Waals surface area (Å²) >= 11 is 0. The molecule has 0 saturated carbocycles. The fraction of sp³-hybridized carbons (Fsp3) is 0.615. The van der Waals surface area contributed by atoms with Crippen LogP contribution in [0, 0.1) is 0 Å². The molecule has 0 unspecified atom stereocenters. The van der Waals surface area contributed by atoms with Gasteiger partial charge in [-0.15, -0.1) is 0 Å². The van der Waals surface area contributed by atoms with Gasteiger partial charge in [0.05, 0.1) is 11.7 Å². The van der Waals surface area contributed by atoms with E-state index in [1.54, 1.807) is 0 Å². The zero-order chi connectivity index (χ0) is 14.6. The maximum absolute atomic E-state index is 12.3. The molecule has 0 radical (unpaired) electrons. The molecule has 1 aromatic rings. The first-order chi connectivity index (χ1) is 9.47. The molecule has 112 valence electrons. The van der Waals surface area contributed by atoms with E-state index < -0.39 is 11.7 Å². The number of halogens is 3. The Morgan fingerprint density at radius 1 is 1.45 bits per heavy atom. The average molecular weight is 290 g/mol. The number of pyridine rings is 1. The van der Waals surface area contributed by atoms with Crippen LogP contribution in [0.4, 0.5) is 13.2 Å². The van der Waals surface area contributed by atoms with Gasteiger partial charge in [0, 0.05) is 31.5 Å². The van der Waals surface area contributed by atoms with Crippen molar-refractivity contribution in [1.82, 2.24) is 10.3 Å². The number of hydrogen-bond donors (Lipinski definition) is 1. The van der Waals surface area contributed by atoms with Crippen molar-refractivity contribution in [2.75, 3.05) is 19.8 Å². The molecule has 1 aliphatic rings. The Morgan fingerprint density at radius 2 is 2.25 bits per heavy atom. The van der Waals surface area contributed by atoms with Crippen LogP contribution in [0.5, 0.6) is 5.88 Å². The Labute approximate surface area is 115 Å². The van der Waals surface area contributed by atoms with Crippen LogP contribution in [0.25, 0.3) is 0 Å². The highest BCUT2D eigenvalue weighted by Crippen LogP contribution is 2.29. The van der Waals surface area contributed by atoms with Gasteiger partial charge in [-0.2, -0.15) is 13.2 Å². The Bertz CT molecular complexity index is 423. The molecule has 4 nitrogen and oxygen atoms in total. The van der Waals surface area contributed by atoms with E-state index in [-0.39, 0.29) is 12.0 Å². The number of nitrogens with one attached hydrogen (secondary N) is 1. The van der Waals surface area contributed by atoms with Crippen LogP contribution in [-0.2, 0) is 10.9 Å². The van der Waals surface area contributed by atoms with Crippen LogP contribution in [0.1, 0.15) is 18.9 Å². The first-order valence-corrected chi connectivity index (χ1v) is 6.48. The third-order valence-corrected chi connectivity index (χ3v) is 3.20. The van der Waals surface area contributed by atoms with Crippen LogP contribution in [0.15, 0.2) is 18.3 Å². The maximum Gasteiger partial charge on any atom is 0.417 e. The van der Waals surface area contributed by atoms with E-state index in [2.05, 4.69) is 10.3 Å². The molecule has 0 spiro atoms. The molecule has 1 N–H and O–H groups in total. The molecule has 1 aliphatic heterocycles. The highest BCUT2D eigenvalue weighted by Gasteiger charge is 2.30. The third kappa shape index (κ3) is 4.08. The van der Waals surface area contributed by atoms with Gasteiger partial charge < -0.3 is 14.8 Å². The minimum Gasteiger partial charge on any atom is -0.476 e. The van der Waals surface area contributed by atoms with E-state index >= 15 is 0 Å². The molecule has 1 saturated heterocycles. The first kappa shape index (κ1) is 15.1. The second kappa shape index (κ2) is 6.41. The van der Waals surface area contributed by atoms with Gasteiger partial charge in [-0.25, -0.2) is 4.98 Å². The zero-order valence-electron chi connectivity index (χ0n) is 11.1. The second-order valence-corrected chi connectivity index (χ2v) is 4.66. The monoisotopic (exact) mass is 290 g/mol. The summed E-state index contributed by atoms with van der Waals surface area (Å²) in [5, 5.41) is 3.28. The van der Waals surface area contributed by atoms with Gasteiger partial charge in [0.2, 0.25) is 5.88 Å². The highest BCUT2D eigenvalue weighted by molar-refractivity contribution is 5.20. The minimum absolute atomic E-state index is 0.180. The predicted octanol–water partition coefficient (Wildman–Crippen LogP) is 2.25. The predicted molar refractivity (Wildman–Crippen MR) is 66.6 cm³/mol. The molecule has 7 heteroatoms. The topological polar surface area (TPSA) is 43.4 Å². The van der Waals surface area contributed by atoms with Crippen molar-refractivity contribution >= 4 is 0 Å². The summed E-state index contributed by atoms with van der Waals surface area (Å²) in [5.41, 5.74) is -0.778. The lowest BCUT2D eigenvalue weighted by Crippen LogP contribution is -2.37. The van der Waals surface area contributed by atoms with Crippen LogP contribution < -0.4 is 10.1 Å². The van der Waals surface area contributed by atoms with E-state index in [9.17, 15) is 13.2 Å². The summed E-state index contributed by atoms with van der Waals surface area (Å²) in [4.78, 5) is 3.63. The molecule has 1 aromatic heterocycles. The Morgan fingerprint density at radius 3 is 2.80 bits per heavy atom. The van der Waals surface area contributed by atoms with Crippen LogP contribution in [-0.4, -0.2) is 36.9 Å². The normalized spacial score (nSPS) is 23.0. The number of ether oxygens (including phenoxy) is 2. The maximum atomic E-state index is 12.3. The SMILES string of the molecule is C[C@H]1OCC[C@@H]1NCCOc1ccc(C(F)(F)F)cn1. The van der Waals surface area contributed by atoms with Crippen LogP contribution in [0.3, 0.4) is 0 Å². The molecular weight excluding hydrogens is 273 g/mol. The number of nitrogens with zero attached hydrogens (tertiary/aromatic N) is 1. The van der Waals surface area contributed by atoms with Crippen molar-refractivity contribution in [3.8, 4) is 5.88 Å². The number of rotatable bonds is 5. The zero-order valence-corrected chi connectivity index (χ0v) is 11.1. The van der Waals surface area contributed by atoms with E-state index in [4.69, 9.17) is 9.47 Å². The Balaban J connectivity index is 1.71. The summed E-state index contributed by atoms with van der Waals surface area (Å²) in [7, 11) is 0. The van der Waals surface area contributed by atoms with E-state index in [1.807, 2.05) is 6.92 Å². The fourth-order valence-electron chi connectivity index (χ4n) is 2.03. The lowest BCUT2D eigenvalue weighted by Gasteiger charge is -2.16. The standard InChI is InChI=1S/C13H17F3N2O2/c1-9-11(4-6-19-9)17-5-7-20-12-3-2-10(8-18-12)13(14,15)16/h2-3,8-9,11,17H,4-7H2,1H3/t9-,11+/m1/s1. The molecule has 2 rings (SSSR count). The lowest BCUT2D eigenvalue weighted by atomic mass is 10.1. The molecule has 1 fully saturated rings. The van der Waals surface area contributed by atoms with Gasteiger partial charge in [0.1, 0.15) is 6.61 Å². The van der Waals surface area contributed by atoms with Crippen molar-refractivity contribution in [3.63, 3.8) is 0 Å². The average Bonchev–Trinajstić information content (AvgIpc) is 2.80. The molecule has 0 amide bonds. The summed E-state index contributed by atoms with van der Waals surface area (Å²) < 4.78 is 47.7. The number of aromatic nitrogens is 1. The smallest absolute Gasteiger partial charge is 0.417 e. The van der Waals surface area contributed by atoms with Crippen LogP contribution >= 0.6 is 0 Å². The van der Waals surface area contributed by atoms with Crippen LogP contribution in [0.2, 0.25) is 0 Å². The largest absolute Gasteiger partial charge is 0.476 e. The summed E-state index contributed by atoms with van der Waals surface area (Å²) in [5.74, 6) is 0.190. The molecule has 0 aromatic carbocycles. The van der Waals surface area contributed by atoms with Gasteiger partial charge in [-0.05, 0) is 19.4 Å². The minimum atomic E-state index is -4.37.